The number of amides is 1. The zero-order chi connectivity index (χ0) is 16.1. The molecular formula is C18H26N2O2. The molecule has 4 heteroatoms. The maximum atomic E-state index is 12.4. The third-order valence-corrected chi connectivity index (χ3v) is 4.84. The van der Waals surface area contributed by atoms with Crippen LogP contribution in [-0.2, 0) is 16.6 Å². The summed E-state index contributed by atoms with van der Waals surface area (Å²) in [7, 11) is 0. The molecule has 120 valence electrons. The Hall–Kier alpha value is -1.55. The van der Waals surface area contributed by atoms with Crippen molar-refractivity contribution in [3.8, 4) is 0 Å². The summed E-state index contributed by atoms with van der Waals surface area (Å²) >= 11 is 0. The number of ether oxygens (including phenoxy) is 1. The summed E-state index contributed by atoms with van der Waals surface area (Å²) in [5.41, 5.74) is 9.50. The Morgan fingerprint density at radius 2 is 2.05 bits per heavy atom. The summed E-state index contributed by atoms with van der Waals surface area (Å²) in [5.74, 6) is 0. The van der Waals surface area contributed by atoms with Gasteiger partial charge in [-0.25, -0.2) is 4.79 Å². The first-order valence-electron chi connectivity index (χ1n) is 8.13. The zero-order valence-electron chi connectivity index (χ0n) is 14.0. The molecule has 1 amide bonds. The molecule has 1 aromatic carbocycles. The van der Waals surface area contributed by atoms with E-state index in [4.69, 9.17) is 10.5 Å². The van der Waals surface area contributed by atoms with Gasteiger partial charge in [0.15, 0.2) is 0 Å². The molecule has 1 unspecified atom stereocenters. The number of benzene rings is 1. The van der Waals surface area contributed by atoms with Gasteiger partial charge in [-0.3, -0.25) is 4.90 Å². The maximum Gasteiger partial charge on any atom is 0.414 e. The predicted molar refractivity (Wildman–Crippen MR) is 88.3 cm³/mol. The van der Waals surface area contributed by atoms with Gasteiger partial charge < -0.3 is 10.5 Å². The second-order valence-electron chi connectivity index (χ2n) is 7.63. The van der Waals surface area contributed by atoms with Gasteiger partial charge >= 0.3 is 6.09 Å². The summed E-state index contributed by atoms with van der Waals surface area (Å²) in [5, 5.41) is 0. The fourth-order valence-electron chi connectivity index (χ4n) is 3.51. The van der Waals surface area contributed by atoms with Gasteiger partial charge in [-0.05, 0) is 64.2 Å². The molecule has 1 aromatic rings. The number of nitrogens with two attached hydrogens (primary N) is 1. The van der Waals surface area contributed by atoms with Crippen LogP contribution in [0.4, 0.5) is 10.5 Å². The Morgan fingerprint density at radius 1 is 1.36 bits per heavy atom. The first kappa shape index (κ1) is 15.3. The summed E-state index contributed by atoms with van der Waals surface area (Å²) in [6, 6.07) is 6.40. The van der Waals surface area contributed by atoms with Crippen molar-refractivity contribution in [1.29, 1.82) is 0 Å². The van der Waals surface area contributed by atoms with E-state index in [0.29, 0.717) is 6.54 Å². The van der Waals surface area contributed by atoms with E-state index in [-0.39, 0.29) is 17.6 Å². The number of hydrogen-bond donors (Lipinski definition) is 1. The van der Waals surface area contributed by atoms with E-state index in [0.717, 1.165) is 24.9 Å². The second-order valence-corrected chi connectivity index (χ2v) is 7.63. The number of carbonyl (C=O) groups is 1. The Balaban J connectivity index is 1.92. The normalized spacial score (nSPS) is 20.5. The fraction of sp³-hybridized carbons (Fsp3) is 0.611. The summed E-state index contributed by atoms with van der Waals surface area (Å²) in [4.78, 5) is 14.2. The SMILES string of the molecule is CC(N)C1(c2cccc3c2CCN3C(=O)OC(C)(C)C)CC1. The molecule has 0 spiro atoms. The Kier molecular flexibility index (Phi) is 3.48. The quantitative estimate of drug-likeness (QED) is 0.911. The van der Waals surface area contributed by atoms with Crippen molar-refractivity contribution >= 4 is 11.8 Å². The molecule has 1 aliphatic carbocycles. The monoisotopic (exact) mass is 302 g/mol. The van der Waals surface area contributed by atoms with Crippen LogP contribution in [0.1, 0.15) is 51.7 Å². The number of hydrogen-bond acceptors (Lipinski definition) is 3. The molecule has 2 N–H and O–H groups in total. The van der Waals surface area contributed by atoms with Crippen LogP contribution in [0.2, 0.25) is 0 Å². The maximum absolute atomic E-state index is 12.4. The van der Waals surface area contributed by atoms with Gasteiger partial charge in [0.1, 0.15) is 5.60 Å². The minimum absolute atomic E-state index is 0.120. The van der Waals surface area contributed by atoms with E-state index in [2.05, 4.69) is 13.0 Å². The molecular weight excluding hydrogens is 276 g/mol. The minimum Gasteiger partial charge on any atom is -0.443 e. The topological polar surface area (TPSA) is 55.6 Å². The van der Waals surface area contributed by atoms with Gasteiger partial charge in [-0.2, -0.15) is 0 Å². The first-order valence-corrected chi connectivity index (χ1v) is 8.13. The third-order valence-electron chi connectivity index (χ3n) is 4.84. The molecule has 1 saturated carbocycles. The molecule has 0 radical (unpaired) electrons. The third kappa shape index (κ3) is 2.50. The lowest BCUT2D eigenvalue weighted by atomic mass is 9.85. The van der Waals surface area contributed by atoms with Crippen molar-refractivity contribution in [3.05, 3.63) is 29.3 Å². The Bertz CT molecular complexity index is 598. The molecule has 1 atom stereocenters. The van der Waals surface area contributed by atoms with E-state index in [1.54, 1.807) is 4.90 Å². The molecule has 1 aliphatic heterocycles. The molecule has 0 saturated heterocycles. The zero-order valence-corrected chi connectivity index (χ0v) is 14.0. The summed E-state index contributed by atoms with van der Waals surface area (Å²) < 4.78 is 5.53. The highest BCUT2D eigenvalue weighted by atomic mass is 16.6. The number of rotatable bonds is 2. The minimum atomic E-state index is -0.471. The van der Waals surface area contributed by atoms with Crippen LogP contribution in [0.5, 0.6) is 0 Å². The Morgan fingerprint density at radius 3 is 2.59 bits per heavy atom. The summed E-state index contributed by atoms with van der Waals surface area (Å²) in [6.07, 6.45) is 2.93. The fourth-order valence-corrected chi connectivity index (χ4v) is 3.51. The summed E-state index contributed by atoms with van der Waals surface area (Å²) in [6.45, 7) is 8.47. The van der Waals surface area contributed by atoms with Gasteiger partial charge in [0.25, 0.3) is 0 Å². The first-order chi connectivity index (χ1) is 10.2. The molecule has 0 bridgehead atoms. The molecule has 1 fully saturated rings. The lowest BCUT2D eigenvalue weighted by molar-refractivity contribution is 0.0584. The molecule has 0 aromatic heterocycles. The van der Waals surface area contributed by atoms with Crippen molar-refractivity contribution < 1.29 is 9.53 Å². The molecule has 3 rings (SSSR count). The van der Waals surface area contributed by atoms with Crippen LogP contribution in [0.3, 0.4) is 0 Å². The van der Waals surface area contributed by atoms with Gasteiger partial charge in [-0.15, -0.1) is 0 Å². The number of anilines is 1. The van der Waals surface area contributed by atoms with Gasteiger partial charge in [0, 0.05) is 18.0 Å². The second kappa shape index (κ2) is 4.98. The average Bonchev–Trinajstić information content (AvgIpc) is 3.09. The highest BCUT2D eigenvalue weighted by Gasteiger charge is 2.49. The van der Waals surface area contributed by atoms with Crippen molar-refractivity contribution in [3.63, 3.8) is 0 Å². The lowest BCUT2D eigenvalue weighted by Gasteiger charge is -2.26. The lowest BCUT2D eigenvalue weighted by Crippen LogP contribution is -2.35. The predicted octanol–water partition coefficient (Wildman–Crippen LogP) is 3.36. The van der Waals surface area contributed by atoms with E-state index in [1.165, 1.54) is 11.1 Å². The number of fused-ring (bicyclic) bond motifs is 1. The Labute approximate surface area is 132 Å². The van der Waals surface area contributed by atoms with Crippen LogP contribution in [0.25, 0.3) is 0 Å². The standard InChI is InChI=1S/C18H26N2O2/c1-12(19)18(9-10-18)14-6-5-7-15-13(14)8-11-20(15)16(21)22-17(2,3)4/h5-7,12H,8-11,19H2,1-4H3. The highest BCUT2D eigenvalue weighted by molar-refractivity contribution is 5.91. The average molecular weight is 302 g/mol. The van der Waals surface area contributed by atoms with Crippen molar-refractivity contribution in [2.45, 2.75) is 64.0 Å². The van der Waals surface area contributed by atoms with Crippen LogP contribution in [0, 0.1) is 0 Å². The number of carbonyl (C=O) groups excluding carboxylic acids is 1. The smallest absolute Gasteiger partial charge is 0.414 e. The van der Waals surface area contributed by atoms with Crippen LogP contribution in [0.15, 0.2) is 18.2 Å². The van der Waals surface area contributed by atoms with Crippen molar-refractivity contribution in [2.75, 3.05) is 11.4 Å². The van der Waals surface area contributed by atoms with Crippen LogP contribution in [-0.4, -0.2) is 24.3 Å². The molecule has 2 aliphatic rings. The molecule has 1 heterocycles. The van der Waals surface area contributed by atoms with Crippen LogP contribution < -0.4 is 10.6 Å². The highest BCUT2D eigenvalue weighted by Crippen LogP contribution is 2.53. The molecule has 4 nitrogen and oxygen atoms in total. The van der Waals surface area contributed by atoms with E-state index in [9.17, 15) is 4.79 Å². The van der Waals surface area contributed by atoms with Gasteiger partial charge in [0.05, 0.1) is 5.69 Å². The van der Waals surface area contributed by atoms with E-state index < -0.39 is 5.60 Å². The van der Waals surface area contributed by atoms with E-state index in [1.807, 2.05) is 32.9 Å². The number of nitrogens with zero attached hydrogens (tertiary/aromatic N) is 1. The van der Waals surface area contributed by atoms with Crippen molar-refractivity contribution in [2.24, 2.45) is 5.73 Å². The van der Waals surface area contributed by atoms with Crippen LogP contribution >= 0.6 is 0 Å². The van der Waals surface area contributed by atoms with E-state index >= 15 is 0 Å². The van der Waals surface area contributed by atoms with Gasteiger partial charge in [0.2, 0.25) is 0 Å². The van der Waals surface area contributed by atoms with Crippen molar-refractivity contribution in [1.82, 2.24) is 0 Å². The van der Waals surface area contributed by atoms with Gasteiger partial charge in [-0.1, -0.05) is 12.1 Å². The molecule has 22 heavy (non-hydrogen) atoms. The largest absolute Gasteiger partial charge is 0.443 e.